The second kappa shape index (κ2) is 4.86. The largest absolute Gasteiger partial charge is 0.384 e. The van der Waals surface area contributed by atoms with Crippen LogP contribution in [0.2, 0.25) is 0 Å². The van der Waals surface area contributed by atoms with Crippen LogP contribution in [-0.4, -0.2) is 46.1 Å². The molecular formula is C9H17NO2S. The van der Waals surface area contributed by atoms with Crippen LogP contribution in [0.25, 0.3) is 0 Å². The molecule has 76 valence electrons. The molecule has 0 aromatic carbocycles. The Labute approximate surface area is 83.5 Å². The average molecular weight is 203 g/mol. The van der Waals surface area contributed by atoms with Gasteiger partial charge in [-0.05, 0) is 13.3 Å². The van der Waals surface area contributed by atoms with Gasteiger partial charge < -0.3 is 10.0 Å². The van der Waals surface area contributed by atoms with Gasteiger partial charge in [0, 0.05) is 24.1 Å². The van der Waals surface area contributed by atoms with Gasteiger partial charge in [0.1, 0.15) is 6.10 Å². The predicted molar refractivity (Wildman–Crippen MR) is 54.8 cm³/mol. The van der Waals surface area contributed by atoms with Crippen LogP contribution < -0.4 is 0 Å². The molecule has 1 aliphatic heterocycles. The molecular weight excluding hydrogens is 186 g/mol. The minimum atomic E-state index is -0.849. The van der Waals surface area contributed by atoms with Crippen LogP contribution >= 0.6 is 11.8 Å². The maximum absolute atomic E-state index is 11.4. The second-order valence-electron chi connectivity index (χ2n) is 3.47. The molecule has 1 saturated heterocycles. The highest BCUT2D eigenvalue weighted by Gasteiger charge is 2.21. The third-order valence-electron chi connectivity index (χ3n) is 2.24. The predicted octanol–water partition coefficient (Wildman–Crippen LogP) is 0.721. The second-order valence-corrected chi connectivity index (χ2v) is 5.02. The standard InChI is InChI=1S/C9H17NO2S/c1-7-3-4-10(5-6-13-7)9(12)8(2)11/h7-8,11H,3-6H2,1-2H3. The Balaban J connectivity index is 2.46. The summed E-state index contributed by atoms with van der Waals surface area (Å²) in [7, 11) is 0. The molecule has 0 radical (unpaired) electrons. The van der Waals surface area contributed by atoms with Crippen molar-refractivity contribution in [3.8, 4) is 0 Å². The van der Waals surface area contributed by atoms with Crippen LogP contribution in [0.1, 0.15) is 20.3 Å². The molecule has 2 atom stereocenters. The minimum Gasteiger partial charge on any atom is -0.384 e. The third-order valence-corrected chi connectivity index (χ3v) is 3.46. The molecule has 1 amide bonds. The number of hydrogen-bond donors (Lipinski definition) is 1. The van der Waals surface area contributed by atoms with Crippen molar-refractivity contribution in [3.63, 3.8) is 0 Å². The van der Waals surface area contributed by atoms with Gasteiger partial charge in [-0.25, -0.2) is 0 Å². The zero-order chi connectivity index (χ0) is 9.84. The zero-order valence-electron chi connectivity index (χ0n) is 8.19. The molecule has 0 aromatic heterocycles. The quantitative estimate of drug-likeness (QED) is 0.682. The lowest BCUT2D eigenvalue weighted by Crippen LogP contribution is -2.39. The summed E-state index contributed by atoms with van der Waals surface area (Å²) in [5.41, 5.74) is 0. The molecule has 0 aromatic rings. The highest BCUT2D eigenvalue weighted by atomic mass is 32.2. The summed E-state index contributed by atoms with van der Waals surface area (Å²) in [5.74, 6) is 0.856. The normalized spacial score (nSPS) is 26.7. The number of carbonyl (C=O) groups excluding carboxylic acids is 1. The van der Waals surface area contributed by atoms with E-state index in [4.69, 9.17) is 5.11 Å². The van der Waals surface area contributed by atoms with Crippen LogP contribution in [-0.2, 0) is 4.79 Å². The first-order chi connectivity index (χ1) is 6.11. The topological polar surface area (TPSA) is 40.5 Å². The van der Waals surface area contributed by atoms with Gasteiger partial charge in [0.2, 0.25) is 0 Å². The number of amides is 1. The van der Waals surface area contributed by atoms with Crippen molar-refractivity contribution in [1.82, 2.24) is 4.90 Å². The maximum atomic E-state index is 11.4. The van der Waals surface area contributed by atoms with Crippen LogP contribution in [0.3, 0.4) is 0 Å². The fraction of sp³-hybridized carbons (Fsp3) is 0.889. The molecule has 1 fully saturated rings. The lowest BCUT2D eigenvalue weighted by Gasteiger charge is -2.21. The smallest absolute Gasteiger partial charge is 0.251 e. The van der Waals surface area contributed by atoms with Crippen LogP contribution in [0.5, 0.6) is 0 Å². The molecule has 1 rings (SSSR count). The highest BCUT2D eigenvalue weighted by molar-refractivity contribution is 7.99. The van der Waals surface area contributed by atoms with E-state index in [1.165, 1.54) is 6.92 Å². The molecule has 1 N–H and O–H groups in total. The summed E-state index contributed by atoms with van der Waals surface area (Å²) < 4.78 is 0. The Morgan fingerprint density at radius 2 is 2.31 bits per heavy atom. The third kappa shape index (κ3) is 3.19. The van der Waals surface area contributed by atoms with Gasteiger partial charge in [0.25, 0.3) is 5.91 Å². The number of rotatable bonds is 1. The molecule has 0 aliphatic carbocycles. The highest BCUT2D eigenvalue weighted by Crippen LogP contribution is 2.18. The van der Waals surface area contributed by atoms with Gasteiger partial charge in [-0.2, -0.15) is 11.8 Å². The summed E-state index contributed by atoms with van der Waals surface area (Å²) in [6, 6.07) is 0. The summed E-state index contributed by atoms with van der Waals surface area (Å²) in [5, 5.41) is 9.76. The molecule has 0 spiro atoms. The Morgan fingerprint density at radius 3 is 2.92 bits per heavy atom. The Morgan fingerprint density at radius 1 is 1.62 bits per heavy atom. The van der Waals surface area contributed by atoms with Crippen LogP contribution in [0.4, 0.5) is 0 Å². The summed E-state index contributed by atoms with van der Waals surface area (Å²) >= 11 is 1.90. The van der Waals surface area contributed by atoms with Gasteiger partial charge in [-0.15, -0.1) is 0 Å². The molecule has 4 heteroatoms. The van der Waals surface area contributed by atoms with E-state index in [1.807, 2.05) is 11.8 Å². The van der Waals surface area contributed by atoms with Crippen molar-refractivity contribution >= 4 is 17.7 Å². The summed E-state index contributed by atoms with van der Waals surface area (Å²) in [4.78, 5) is 13.2. The van der Waals surface area contributed by atoms with Crippen molar-refractivity contribution in [1.29, 1.82) is 0 Å². The van der Waals surface area contributed by atoms with E-state index in [9.17, 15) is 4.79 Å². The van der Waals surface area contributed by atoms with E-state index in [2.05, 4.69) is 6.92 Å². The van der Waals surface area contributed by atoms with Crippen molar-refractivity contribution in [2.75, 3.05) is 18.8 Å². The number of aliphatic hydroxyl groups excluding tert-OH is 1. The fourth-order valence-corrected chi connectivity index (χ4v) is 2.38. The molecule has 2 unspecified atom stereocenters. The van der Waals surface area contributed by atoms with E-state index in [-0.39, 0.29) is 5.91 Å². The lowest BCUT2D eigenvalue weighted by molar-refractivity contribution is -0.138. The number of nitrogens with zero attached hydrogens (tertiary/aromatic N) is 1. The van der Waals surface area contributed by atoms with E-state index in [1.54, 1.807) is 4.90 Å². The first-order valence-corrected chi connectivity index (χ1v) is 5.74. The van der Waals surface area contributed by atoms with E-state index < -0.39 is 6.10 Å². The zero-order valence-corrected chi connectivity index (χ0v) is 9.01. The Kier molecular flexibility index (Phi) is 4.06. The van der Waals surface area contributed by atoms with Gasteiger partial charge in [-0.3, -0.25) is 4.79 Å². The van der Waals surface area contributed by atoms with Crippen molar-refractivity contribution in [2.24, 2.45) is 0 Å². The van der Waals surface area contributed by atoms with Gasteiger partial charge in [0.15, 0.2) is 0 Å². The molecule has 13 heavy (non-hydrogen) atoms. The monoisotopic (exact) mass is 203 g/mol. The number of thioether (sulfide) groups is 1. The van der Waals surface area contributed by atoms with Crippen molar-refractivity contribution in [2.45, 2.75) is 31.6 Å². The molecule has 0 bridgehead atoms. The Hall–Kier alpha value is -0.220. The maximum Gasteiger partial charge on any atom is 0.251 e. The molecule has 0 saturated carbocycles. The molecule has 1 aliphatic rings. The minimum absolute atomic E-state index is 0.130. The molecule has 3 nitrogen and oxygen atoms in total. The van der Waals surface area contributed by atoms with Crippen LogP contribution in [0, 0.1) is 0 Å². The van der Waals surface area contributed by atoms with Gasteiger partial charge in [0.05, 0.1) is 0 Å². The summed E-state index contributed by atoms with van der Waals surface area (Å²) in [6.07, 6.45) is 0.182. The van der Waals surface area contributed by atoms with Gasteiger partial charge >= 0.3 is 0 Å². The average Bonchev–Trinajstić information content (AvgIpc) is 2.28. The number of carbonyl (C=O) groups is 1. The number of hydrogen-bond acceptors (Lipinski definition) is 3. The first kappa shape index (κ1) is 10.9. The number of aliphatic hydroxyl groups is 1. The van der Waals surface area contributed by atoms with Gasteiger partial charge in [-0.1, -0.05) is 6.92 Å². The van der Waals surface area contributed by atoms with Crippen LogP contribution in [0.15, 0.2) is 0 Å². The Bertz CT molecular complexity index is 184. The SMILES string of the molecule is CC1CCN(C(=O)C(C)O)CCS1. The van der Waals surface area contributed by atoms with E-state index >= 15 is 0 Å². The summed E-state index contributed by atoms with van der Waals surface area (Å²) in [6.45, 7) is 5.28. The van der Waals surface area contributed by atoms with Crippen molar-refractivity contribution < 1.29 is 9.90 Å². The lowest BCUT2D eigenvalue weighted by atomic mass is 10.2. The first-order valence-electron chi connectivity index (χ1n) is 4.69. The van der Waals surface area contributed by atoms with E-state index in [0.717, 1.165) is 25.3 Å². The molecule has 1 heterocycles. The van der Waals surface area contributed by atoms with Crippen molar-refractivity contribution in [3.05, 3.63) is 0 Å². The van der Waals surface area contributed by atoms with E-state index in [0.29, 0.717) is 5.25 Å². The fourth-order valence-electron chi connectivity index (χ4n) is 1.38.